The normalized spacial score (nSPS) is 10.3. The van der Waals surface area contributed by atoms with E-state index in [9.17, 15) is 4.79 Å². The number of benzene rings is 1. The Morgan fingerprint density at radius 2 is 2.00 bits per heavy atom. The molecule has 2 N–H and O–H groups in total. The van der Waals surface area contributed by atoms with Crippen molar-refractivity contribution in [3.8, 4) is 0 Å². The molecule has 0 bridgehead atoms. The molecule has 0 atom stereocenters. The van der Waals surface area contributed by atoms with E-state index in [0.717, 1.165) is 40.1 Å². The average Bonchev–Trinajstić information content (AvgIpc) is 2.51. The highest BCUT2D eigenvalue weighted by molar-refractivity contribution is 9.10. The highest BCUT2D eigenvalue weighted by Crippen LogP contribution is 2.22. The molecule has 0 aliphatic carbocycles. The van der Waals surface area contributed by atoms with Crippen LogP contribution in [0.5, 0.6) is 0 Å². The SMILES string of the molecule is CCCCC(=O)Nc1ccc(Nc2ccc(Br)c(C)c2)nc1. The molecule has 0 spiro atoms. The second-order valence-corrected chi connectivity index (χ2v) is 6.03. The molecule has 0 aliphatic rings. The summed E-state index contributed by atoms with van der Waals surface area (Å²) in [7, 11) is 0. The van der Waals surface area contributed by atoms with Crippen LogP contribution in [0.2, 0.25) is 0 Å². The van der Waals surface area contributed by atoms with Gasteiger partial charge in [0.05, 0.1) is 11.9 Å². The quantitative estimate of drug-likeness (QED) is 0.758. The molecular formula is C17H20BrN3O. The number of hydrogen-bond donors (Lipinski definition) is 2. The first-order valence-corrected chi connectivity index (χ1v) is 8.17. The summed E-state index contributed by atoms with van der Waals surface area (Å²) >= 11 is 3.48. The summed E-state index contributed by atoms with van der Waals surface area (Å²) in [6, 6.07) is 9.74. The van der Waals surface area contributed by atoms with E-state index in [1.54, 1.807) is 6.20 Å². The third-order valence-corrected chi connectivity index (χ3v) is 4.12. The van der Waals surface area contributed by atoms with Crippen LogP contribution < -0.4 is 10.6 Å². The van der Waals surface area contributed by atoms with Gasteiger partial charge in [-0.3, -0.25) is 4.79 Å². The number of carbonyl (C=O) groups excluding carboxylic acids is 1. The smallest absolute Gasteiger partial charge is 0.224 e. The molecule has 1 heterocycles. The number of pyridine rings is 1. The second-order valence-electron chi connectivity index (χ2n) is 5.17. The molecule has 0 unspecified atom stereocenters. The molecule has 1 amide bonds. The Morgan fingerprint density at radius 3 is 2.64 bits per heavy atom. The van der Waals surface area contributed by atoms with Crippen molar-refractivity contribution in [3.63, 3.8) is 0 Å². The number of rotatable bonds is 6. The van der Waals surface area contributed by atoms with E-state index in [4.69, 9.17) is 0 Å². The minimum Gasteiger partial charge on any atom is -0.340 e. The Bertz CT molecular complexity index is 641. The van der Waals surface area contributed by atoms with Crippen LogP contribution in [-0.4, -0.2) is 10.9 Å². The minimum atomic E-state index is 0.0351. The molecule has 2 aromatic rings. The fourth-order valence-corrected chi connectivity index (χ4v) is 2.22. The Hall–Kier alpha value is -1.88. The van der Waals surface area contributed by atoms with Crippen molar-refractivity contribution in [2.24, 2.45) is 0 Å². The maximum absolute atomic E-state index is 11.7. The molecule has 0 aliphatic heterocycles. The van der Waals surface area contributed by atoms with Crippen LogP contribution in [0.3, 0.4) is 0 Å². The third kappa shape index (κ3) is 4.84. The van der Waals surface area contributed by atoms with E-state index in [-0.39, 0.29) is 5.91 Å². The van der Waals surface area contributed by atoms with Crippen molar-refractivity contribution in [2.75, 3.05) is 10.6 Å². The van der Waals surface area contributed by atoms with Crippen LogP contribution in [0.25, 0.3) is 0 Å². The van der Waals surface area contributed by atoms with Gasteiger partial charge in [0.25, 0.3) is 0 Å². The van der Waals surface area contributed by atoms with Gasteiger partial charge in [-0.15, -0.1) is 0 Å². The molecule has 0 saturated carbocycles. The summed E-state index contributed by atoms with van der Waals surface area (Å²) in [5.74, 6) is 0.779. The molecule has 2 rings (SSSR count). The first-order chi connectivity index (χ1) is 10.6. The number of hydrogen-bond acceptors (Lipinski definition) is 3. The highest BCUT2D eigenvalue weighted by atomic mass is 79.9. The molecule has 0 fully saturated rings. The number of carbonyl (C=O) groups is 1. The maximum atomic E-state index is 11.7. The van der Waals surface area contributed by atoms with Crippen LogP contribution in [0.15, 0.2) is 41.0 Å². The molecule has 0 saturated heterocycles. The number of aryl methyl sites for hydroxylation is 1. The zero-order valence-corrected chi connectivity index (χ0v) is 14.4. The van der Waals surface area contributed by atoms with Crippen molar-refractivity contribution < 1.29 is 4.79 Å². The molecule has 1 aromatic carbocycles. The van der Waals surface area contributed by atoms with Gasteiger partial charge in [-0.1, -0.05) is 29.3 Å². The van der Waals surface area contributed by atoms with Gasteiger partial charge in [0.2, 0.25) is 5.91 Å². The van der Waals surface area contributed by atoms with Gasteiger partial charge in [0.15, 0.2) is 0 Å². The predicted molar refractivity (Wildman–Crippen MR) is 94.6 cm³/mol. The van der Waals surface area contributed by atoms with Crippen molar-refractivity contribution in [1.82, 2.24) is 4.98 Å². The van der Waals surface area contributed by atoms with Crippen molar-refractivity contribution >= 4 is 39.0 Å². The van der Waals surface area contributed by atoms with Gasteiger partial charge in [-0.25, -0.2) is 4.98 Å². The zero-order valence-electron chi connectivity index (χ0n) is 12.8. The van der Waals surface area contributed by atoms with Crippen LogP contribution in [0.1, 0.15) is 31.7 Å². The monoisotopic (exact) mass is 361 g/mol. The Balaban J connectivity index is 1.96. The van der Waals surface area contributed by atoms with Gasteiger partial charge in [0, 0.05) is 16.6 Å². The topological polar surface area (TPSA) is 54.0 Å². The second kappa shape index (κ2) is 7.94. The van der Waals surface area contributed by atoms with Gasteiger partial charge in [-0.2, -0.15) is 0 Å². The summed E-state index contributed by atoms with van der Waals surface area (Å²) in [6.45, 7) is 4.11. The Morgan fingerprint density at radius 1 is 1.23 bits per heavy atom. The average molecular weight is 362 g/mol. The summed E-state index contributed by atoms with van der Waals surface area (Å²) in [5.41, 5.74) is 2.86. The fraction of sp³-hybridized carbons (Fsp3) is 0.294. The summed E-state index contributed by atoms with van der Waals surface area (Å²) < 4.78 is 1.08. The fourth-order valence-electron chi connectivity index (χ4n) is 1.97. The van der Waals surface area contributed by atoms with E-state index in [1.165, 1.54) is 0 Å². The highest BCUT2D eigenvalue weighted by Gasteiger charge is 2.03. The first kappa shape index (κ1) is 16.5. The number of nitrogens with zero attached hydrogens (tertiary/aromatic N) is 1. The van der Waals surface area contributed by atoms with E-state index in [1.807, 2.05) is 37.3 Å². The lowest BCUT2D eigenvalue weighted by molar-refractivity contribution is -0.116. The van der Waals surface area contributed by atoms with Crippen LogP contribution >= 0.6 is 15.9 Å². The molecule has 4 nitrogen and oxygen atoms in total. The molecular weight excluding hydrogens is 342 g/mol. The lowest BCUT2D eigenvalue weighted by atomic mass is 10.2. The van der Waals surface area contributed by atoms with Gasteiger partial charge < -0.3 is 10.6 Å². The summed E-state index contributed by atoms with van der Waals surface area (Å²) in [5, 5.41) is 6.09. The van der Waals surface area contributed by atoms with E-state index in [2.05, 4.69) is 38.5 Å². The van der Waals surface area contributed by atoms with Crippen molar-refractivity contribution in [2.45, 2.75) is 33.1 Å². The number of nitrogens with one attached hydrogen (secondary N) is 2. The van der Waals surface area contributed by atoms with E-state index in [0.29, 0.717) is 6.42 Å². The van der Waals surface area contributed by atoms with Crippen LogP contribution in [0, 0.1) is 6.92 Å². The lowest BCUT2D eigenvalue weighted by Gasteiger charge is -2.09. The molecule has 0 radical (unpaired) electrons. The maximum Gasteiger partial charge on any atom is 0.224 e. The predicted octanol–water partition coefficient (Wildman–Crippen LogP) is 5.02. The van der Waals surface area contributed by atoms with Gasteiger partial charge in [0.1, 0.15) is 5.82 Å². The summed E-state index contributed by atoms with van der Waals surface area (Å²) in [4.78, 5) is 16.0. The third-order valence-electron chi connectivity index (χ3n) is 3.23. The number of anilines is 3. The Labute approximate surface area is 139 Å². The van der Waals surface area contributed by atoms with Crippen molar-refractivity contribution in [1.29, 1.82) is 0 Å². The molecule has 5 heteroatoms. The minimum absolute atomic E-state index is 0.0351. The lowest BCUT2D eigenvalue weighted by Crippen LogP contribution is -2.11. The summed E-state index contributed by atoms with van der Waals surface area (Å²) in [6.07, 6.45) is 4.13. The standard InChI is InChI=1S/C17H20BrN3O/c1-3-4-5-17(22)21-14-7-9-16(19-11-14)20-13-6-8-15(18)12(2)10-13/h6-11H,3-5H2,1-2H3,(H,19,20)(H,21,22). The molecule has 116 valence electrons. The molecule has 22 heavy (non-hydrogen) atoms. The number of unbranched alkanes of at least 4 members (excludes halogenated alkanes) is 1. The first-order valence-electron chi connectivity index (χ1n) is 7.37. The van der Waals surface area contributed by atoms with E-state index < -0.39 is 0 Å². The Kier molecular flexibility index (Phi) is 5.95. The van der Waals surface area contributed by atoms with Crippen molar-refractivity contribution in [3.05, 3.63) is 46.6 Å². The number of amides is 1. The number of halogens is 1. The van der Waals surface area contributed by atoms with Gasteiger partial charge in [-0.05, 0) is 49.2 Å². The van der Waals surface area contributed by atoms with Gasteiger partial charge >= 0.3 is 0 Å². The zero-order chi connectivity index (χ0) is 15.9. The largest absolute Gasteiger partial charge is 0.340 e. The van der Waals surface area contributed by atoms with Crippen LogP contribution in [0.4, 0.5) is 17.2 Å². The molecule has 1 aromatic heterocycles. The number of aromatic nitrogens is 1. The van der Waals surface area contributed by atoms with Crippen LogP contribution in [-0.2, 0) is 4.79 Å². The van der Waals surface area contributed by atoms with E-state index >= 15 is 0 Å².